The van der Waals surface area contributed by atoms with Crippen LogP contribution in [0, 0.1) is 6.92 Å². The fraction of sp³-hybridized carbons (Fsp3) is 0.348. The number of nitrogens with one attached hydrogen (secondary N) is 1. The Morgan fingerprint density at radius 2 is 1.77 bits per heavy atom. The van der Waals surface area contributed by atoms with Crippen molar-refractivity contribution in [3.05, 3.63) is 58.8 Å². The fourth-order valence-electron chi connectivity index (χ4n) is 3.31. The SMILES string of the molecule is CCCCCCCOC(=O)c1c(C)oc2ccc(NS(=O)(=O)c3ccc(Cl)cc3)cc12. The maximum atomic E-state index is 12.7. The number of aryl methyl sites for hydroxylation is 1. The molecule has 6 nitrogen and oxygen atoms in total. The van der Waals surface area contributed by atoms with E-state index < -0.39 is 16.0 Å². The first kappa shape index (κ1) is 23.2. The van der Waals surface area contributed by atoms with Gasteiger partial charge in [-0.2, -0.15) is 0 Å². The number of fused-ring (bicyclic) bond motifs is 1. The van der Waals surface area contributed by atoms with Crippen molar-refractivity contribution in [2.45, 2.75) is 50.8 Å². The number of unbranched alkanes of at least 4 members (excludes halogenated alkanes) is 4. The highest BCUT2D eigenvalue weighted by Crippen LogP contribution is 2.30. The molecule has 0 fully saturated rings. The van der Waals surface area contributed by atoms with Gasteiger partial charge in [-0.15, -0.1) is 0 Å². The van der Waals surface area contributed by atoms with Gasteiger partial charge in [0, 0.05) is 16.1 Å². The summed E-state index contributed by atoms with van der Waals surface area (Å²) in [5.74, 6) is -0.0341. The molecule has 3 aromatic rings. The van der Waals surface area contributed by atoms with E-state index in [1.807, 2.05) is 0 Å². The molecule has 166 valence electrons. The van der Waals surface area contributed by atoms with Gasteiger partial charge in [0.25, 0.3) is 10.0 Å². The number of esters is 1. The third-order valence-electron chi connectivity index (χ3n) is 4.93. The number of anilines is 1. The van der Waals surface area contributed by atoms with Crippen LogP contribution in [0.1, 0.15) is 55.1 Å². The lowest BCUT2D eigenvalue weighted by Gasteiger charge is -2.09. The Labute approximate surface area is 187 Å². The van der Waals surface area contributed by atoms with Crippen LogP contribution in [0.15, 0.2) is 51.8 Å². The van der Waals surface area contributed by atoms with Gasteiger partial charge < -0.3 is 9.15 Å². The number of halogens is 1. The van der Waals surface area contributed by atoms with E-state index >= 15 is 0 Å². The van der Waals surface area contributed by atoms with E-state index in [-0.39, 0.29) is 4.90 Å². The van der Waals surface area contributed by atoms with Gasteiger partial charge in [-0.1, -0.05) is 44.2 Å². The van der Waals surface area contributed by atoms with Crippen molar-refractivity contribution in [3.63, 3.8) is 0 Å². The largest absolute Gasteiger partial charge is 0.462 e. The van der Waals surface area contributed by atoms with Crippen LogP contribution >= 0.6 is 11.6 Å². The standard InChI is InChI=1S/C23H26ClNO5S/c1-3-4-5-6-7-14-29-23(26)22-16(2)30-21-13-10-18(15-20(21)22)25-31(27,28)19-11-8-17(24)9-12-19/h8-13,15,25H,3-7,14H2,1-2H3. The van der Waals surface area contributed by atoms with E-state index in [0.29, 0.717) is 39.6 Å². The zero-order valence-electron chi connectivity index (χ0n) is 17.6. The number of carbonyl (C=O) groups is 1. The van der Waals surface area contributed by atoms with Gasteiger partial charge in [0.2, 0.25) is 0 Å². The van der Waals surface area contributed by atoms with Crippen molar-refractivity contribution in [2.75, 3.05) is 11.3 Å². The Balaban J connectivity index is 1.77. The summed E-state index contributed by atoms with van der Waals surface area (Å²) in [6.07, 6.45) is 5.28. The molecule has 0 aliphatic rings. The topological polar surface area (TPSA) is 85.6 Å². The molecule has 0 amide bonds. The molecular formula is C23H26ClNO5S. The Bertz CT molecular complexity index is 1150. The molecule has 0 aliphatic carbocycles. The quantitative estimate of drug-likeness (QED) is 0.280. The predicted octanol–water partition coefficient (Wildman–Crippen LogP) is 6.32. The zero-order valence-corrected chi connectivity index (χ0v) is 19.2. The second-order valence-corrected chi connectivity index (χ2v) is 9.47. The summed E-state index contributed by atoms with van der Waals surface area (Å²) < 4.78 is 38.9. The van der Waals surface area contributed by atoms with Crippen LogP contribution < -0.4 is 4.72 Å². The molecule has 2 aromatic carbocycles. The third kappa shape index (κ3) is 5.80. The molecule has 3 rings (SSSR count). The normalized spacial score (nSPS) is 11.6. The van der Waals surface area contributed by atoms with Gasteiger partial charge in [0.1, 0.15) is 16.9 Å². The summed E-state index contributed by atoms with van der Waals surface area (Å²) in [5.41, 5.74) is 1.12. The van der Waals surface area contributed by atoms with Gasteiger partial charge in [0.05, 0.1) is 11.5 Å². The molecule has 0 saturated carbocycles. The number of rotatable bonds is 10. The number of sulfonamides is 1. The molecule has 1 aromatic heterocycles. The number of hydrogen-bond donors (Lipinski definition) is 1. The minimum absolute atomic E-state index is 0.0862. The Hall–Kier alpha value is -2.51. The maximum absolute atomic E-state index is 12.7. The van der Waals surface area contributed by atoms with E-state index in [1.165, 1.54) is 30.7 Å². The van der Waals surface area contributed by atoms with Crippen LogP contribution in [0.4, 0.5) is 5.69 Å². The lowest BCUT2D eigenvalue weighted by atomic mass is 10.1. The molecule has 0 atom stereocenters. The van der Waals surface area contributed by atoms with Crippen LogP contribution in [-0.4, -0.2) is 21.0 Å². The second kappa shape index (κ2) is 10.2. The van der Waals surface area contributed by atoms with E-state index in [9.17, 15) is 13.2 Å². The number of hydrogen-bond acceptors (Lipinski definition) is 5. The molecule has 0 spiro atoms. The lowest BCUT2D eigenvalue weighted by molar-refractivity contribution is 0.0497. The summed E-state index contributed by atoms with van der Waals surface area (Å²) >= 11 is 5.83. The smallest absolute Gasteiger partial charge is 0.342 e. The van der Waals surface area contributed by atoms with Gasteiger partial charge in [0.15, 0.2) is 0 Å². The van der Waals surface area contributed by atoms with Gasteiger partial charge in [-0.3, -0.25) is 4.72 Å². The van der Waals surface area contributed by atoms with E-state index in [0.717, 1.165) is 25.7 Å². The highest BCUT2D eigenvalue weighted by molar-refractivity contribution is 7.92. The molecule has 0 radical (unpaired) electrons. The summed E-state index contributed by atoms with van der Waals surface area (Å²) in [6.45, 7) is 4.18. The van der Waals surface area contributed by atoms with Crippen molar-refractivity contribution in [3.8, 4) is 0 Å². The van der Waals surface area contributed by atoms with Gasteiger partial charge >= 0.3 is 5.97 Å². The number of benzene rings is 2. The van der Waals surface area contributed by atoms with Crippen molar-refractivity contribution >= 4 is 44.3 Å². The Morgan fingerprint density at radius 3 is 2.48 bits per heavy atom. The monoisotopic (exact) mass is 463 g/mol. The summed E-state index contributed by atoms with van der Waals surface area (Å²) in [4.78, 5) is 12.7. The minimum Gasteiger partial charge on any atom is -0.462 e. The average molecular weight is 464 g/mol. The molecule has 0 unspecified atom stereocenters. The van der Waals surface area contributed by atoms with Crippen LogP contribution in [0.3, 0.4) is 0 Å². The van der Waals surface area contributed by atoms with Gasteiger partial charge in [-0.25, -0.2) is 13.2 Å². The van der Waals surface area contributed by atoms with Crippen molar-refractivity contribution in [1.29, 1.82) is 0 Å². The molecule has 1 N–H and O–H groups in total. The number of furan rings is 1. The molecule has 1 heterocycles. The molecule has 8 heteroatoms. The van der Waals surface area contributed by atoms with Gasteiger partial charge in [-0.05, 0) is 55.8 Å². The predicted molar refractivity (Wildman–Crippen MR) is 122 cm³/mol. The van der Waals surface area contributed by atoms with Crippen LogP contribution in [0.25, 0.3) is 11.0 Å². The van der Waals surface area contributed by atoms with Crippen LogP contribution in [-0.2, 0) is 14.8 Å². The first-order valence-electron chi connectivity index (χ1n) is 10.3. The number of ether oxygens (including phenoxy) is 1. The van der Waals surface area contributed by atoms with Crippen LogP contribution in [0.5, 0.6) is 0 Å². The molecule has 0 saturated heterocycles. The maximum Gasteiger partial charge on any atom is 0.342 e. The van der Waals surface area contributed by atoms with Crippen LogP contribution in [0.2, 0.25) is 5.02 Å². The first-order chi connectivity index (χ1) is 14.8. The molecule has 31 heavy (non-hydrogen) atoms. The molecular weight excluding hydrogens is 438 g/mol. The van der Waals surface area contributed by atoms with E-state index in [4.69, 9.17) is 20.8 Å². The minimum atomic E-state index is -3.81. The highest BCUT2D eigenvalue weighted by Gasteiger charge is 2.21. The average Bonchev–Trinajstić information content (AvgIpc) is 3.05. The summed E-state index contributed by atoms with van der Waals surface area (Å²) in [7, 11) is -3.81. The molecule has 0 aliphatic heterocycles. The third-order valence-corrected chi connectivity index (χ3v) is 6.57. The van der Waals surface area contributed by atoms with E-state index in [2.05, 4.69) is 11.6 Å². The van der Waals surface area contributed by atoms with Crippen molar-refractivity contribution < 1.29 is 22.4 Å². The Kier molecular flexibility index (Phi) is 7.62. The fourth-order valence-corrected chi connectivity index (χ4v) is 4.48. The van der Waals surface area contributed by atoms with E-state index in [1.54, 1.807) is 25.1 Å². The summed E-state index contributed by atoms with van der Waals surface area (Å²) in [5, 5.41) is 0.951. The number of carbonyl (C=O) groups excluding carboxylic acids is 1. The Morgan fingerprint density at radius 1 is 1.06 bits per heavy atom. The molecule has 0 bridgehead atoms. The lowest BCUT2D eigenvalue weighted by Crippen LogP contribution is -2.13. The van der Waals surface area contributed by atoms with Crippen molar-refractivity contribution in [1.82, 2.24) is 0 Å². The summed E-state index contributed by atoms with van der Waals surface area (Å²) in [6, 6.07) is 10.7. The first-order valence-corrected chi connectivity index (χ1v) is 12.2. The van der Waals surface area contributed by atoms with Crippen molar-refractivity contribution in [2.24, 2.45) is 0 Å². The highest BCUT2D eigenvalue weighted by atomic mass is 35.5. The second-order valence-electron chi connectivity index (χ2n) is 7.35. The zero-order chi connectivity index (χ0) is 22.4.